The summed E-state index contributed by atoms with van der Waals surface area (Å²) < 4.78 is 5.97. The fourth-order valence-electron chi connectivity index (χ4n) is 3.97. The molecule has 0 spiro atoms. The molecule has 0 atom stereocenters. The molecule has 0 N–H and O–H groups in total. The van der Waals surface area contributed by atoms with Crippen LogP contribution in [0.3, 0.4) is 0 Å². The van der Waals surface area contributed by atoms with Crippen LogP contribution in [0.1, 0.15) is 88.3 Å². The smallest absolute Gasteiger partial charge is 0.159 e. The van der Waals surface area contributed by atoms with Gasteiger partial charge in [0.25, 0.3) is 0 Å². The van der Waals surface area contributed by atoms with E-state index < -0.39 is 0 Å². The number of unbranched alkanes of at least 4 members (excludes halogenated alkanes) is 7. The van der Waals surface area contributed by atoms with Crippen molar-refractivity contribution in [2.75, 3.05) is 0 Å². The Hall–Kier alpha value is -2.68. The predicted molar refractivity (Wildman–Crippen MR) is 139 cm³/mol. The molecular formula is C30H40N2O. The van der Waals surface area contributed by atoms with E-state index in [9.17, 15) is 0 Å². The van der Waals surface area contributed by atoms with Gasteiger partial charge in [0.1, 0.15) is 12.4 Å². The summed E-state index contributed by atoms with van der Waals surface area (Å²) in [5.74, 6) is 1.64. The molecule has 0 amide bonds. The molecule has 2 aromatic carbocycles. The zero-order valence-electron chi connectivity index (χ0n) is 20.6. The van der Waals surface area contributed by atoms with Crippen molar-refractivity contribution in [3.63, 3.8) is 0 Å². The van der Waals surface area contributed by atoms with Crippen molar-refractivity contribution >= 4 is 0 Å². The average molecular weight is 445 g/mol. The number of hydrogen-bond donors (Lipinski definition) is 0. The number of benzene rings is 2. The van der Waals surface area contributed by atoms with Crippen molar-refractivity contribution in [1.82, 2.24) is 9.97 Å². The quantitative estimate of drug-likeness (QED) is 0.221. The van der Waals surface area contributed by atoms with Gasteiger partial charge in [0.2, 0.25) is 0 Å². The summed E-state index contributed by atoms with van der Waals surface area (Å²) in [6.45, 7) is 5.07. The van der Waals surface area contributed by atoms with Gasteiger partial charge in [0.15, 0.2) is 5.82 Å². The molecule has 0 radical (unpaired) electrons. The van der Waals surface area contributed by atoms with Gasteiger partial charge in [0.05, 0.1) is 0 Å². The summed E-state index contributed by atoms with van der Waals surface area (Å²) in [7, 11) is 0. The van der Waals surface area contributed by atoms with E-state index in [1.807, 2.05) is 36.7 Å². The first-order valence-corrected chi connectivity index (χ1v) is 12.9. The zero-order valence-corrected chi connectivity index (χ0v) is 20.6. The fraction of sp³-hybridized carbons (Fsp3) is 0.467. The molecule has 3 nitrogen and oxygen atoms in total. The average Bonchev–Trinajstić information content (AvgIpc) is 2.87. The largest absolute Gasteiger partial charge is 0.489 e. The van der Waals surface area contributed by atoms with Crippen molar-refractivity contribution in [1.29, 1.82) is 0 Å². The standard InChI is InChI=1S/C30H40N2O/c1-3-5-7-8-9-10-11-13-27-22-31-30(32-23-27)28-18-20-29(21-19-28)33-24-26-16-14-25(15-17-26)12-6-4-2/h14-23H,3-13,24H2,1-2H3. The fourth-order valence-corrected chi connectivity index (χ4v) is 3.97. The Balaban J connectivity index is 1.42. The van der Waals surface area contributed by atoms with Crippen molar-refractivity contribution in [3.8, 4) is 17.1 Å². The third-order valence-electron chi connectivity index (χ3n) is 6.13. The second kappa shape index (κ2) is 14.5. The molecule has 0 aliphatic heterocycles. The molecule has 1 aromatic heterocycles. The van der Waals surface area contributed by atoms with Gasteiger partial charge < -0.3 is 4.74 Å². The molecule has 176 valence electrons. The summed E-state index contributed by atoms with van der Waals surface area (Å²) in [4.78, 5) is 9.18. The van der Waals surface area contributed by atoms with Gasteiger partial charge in [-0.05, 0) is 66.6 Å². The number of aryl methyl sites for hydroxylation is 2. The van der Waals surface area contributed by atoms with Crippen LogP contribution in [0.25, 0.3) is 11.4 Å². The molecule has 0 fully saturated rings. The Morgan fingerprint density at radius 3 is 1.82 bits per heavy atom. The van der Waals surface area contributed by atoms with Crippen LogP contribution in [0.5, 0.6) is 5.75 Å². The van der Waals surface area contributed by atoms with Crippen LogP contribution >= 0.6 is 0 Å². The van der Waals surface area contributed by atoms with E-state index >= 15 is 0 Å². The minimum atomic E-state index is 0.581. The maximum atomic E-state index is 5.97. The summed E-state index contributed by atoms with van der Waals surface area (Å²) in [5, 5.41) is 0. The SMILES string of the molecule is CCCCCCCCCc1cnc(-c2ccc(OCc3ccc(CCCC)cc3)cc2)nc1. The van der Waals surface area contributed by atoms with Gasteiger partial charge in [-0.15, -0.1) is 0 Å². The van der Waals surface area contributed by atoms with Gasteiger partial charge in [-0.3, -0.25) is 0 Å². The summed E-state index contributed by atoms with van der Waals surface area (Å²) in [5.41, 5.74) is 4.84. The molecule has 33 heavy (non-hydrogen) atoms. The van der Waals surface area contributed by atoms with Crippen molar-refractivity contribution < 1.29 is 4.74 Å². The van der Waals surface area contributed by atoms with Gasteiger partial charge in [0, 0.05) is 18.0 Å². The zero-order chi connectivity index (χ0) is 23.1. The Morgan fingerprint density at radius 2 is 1.15 bits per heavy atom. The Bertz CT molecular complexity index is 902. The molecular weight excluding hydrogens is 404 g/mol. The Kier molecular flexibility index (Phi) is 10.9. The first-order valence-electron chi connectivity index (χ1n) is 12.9. The highest BCUT2D eigenvalue weighted by molar-refractivity contribution is 5.55. The van der Waals surface area contributed by atoms with Crippen LogP contribution < -0.4 is 4.74 Å². The highest BCUT2D eigenvalue weighted by Gasteiger charge is 2.04. The Morgan fingerprint density at radius 1 is 0.576 bits per heavy atom. The van der Waals surface area contributed by atoms with Crippen LogP contribution in [-0.4, -0.2) is 9.97 Å². The topological polar surface area (TPSA) is 35.0 Å². The van der Waals surface area contributed by atoms with Gasteiger partial charge in [-0.2, -0.15) is 0 Å². The molecule has 0 saturated carbocycles. The molecule has 3 rings (SSSR count). The Labute approximate surface area is 200 Å². The second-order valence-electron chi connectivity index (χ2n) is 9.02. The number of aromatic nitrogens is 2. The lowest BCUT2D eigenvalue weighted by molar-refractivity contribution is 0.306. The maximum Gasteiger partial charge on any atom is 0.159 e. The molecule has 0 aliphatic rings. The van der Waals surface area contributed by atoms with E-state index in [0.717, 1.165) is 30.0 Å². The third kappa shape index (κ3) is 9.00. The minimum absolute atomic E-state index is 0.581. The summed E-state index contributed by atoms with van der Waals surface area (Å²) in [6, 6.07) is 16.8. The van der Waals surface area contributed by atoms with Crippen LogP contribution in [0, 0.1) is 0 Å². The van der Waals surface area contributed by atoms with Gasteiger partial charge in [-0.1, -0.05) is 83.1 Å². The summed E-state index contributed by atoms with van der Waals surface area (Å²) in [6.07, 6.45) is 18.0. The molecule has 1 heterocycles. The molecule has 3 aromatic rings. The summed E-state index contributed by atoms with van der Waals surface area (Å²) >= 11 is 0. The van der Waals surface area contributed by atoms with E-state index in [0.29, 0.717) is 6.61 Å². The van der Waals surface area contributed by atoms with Crippen LogP contribution in [0.2, 0.25) is 0 Å². The molecule has 3 heteroatoms. The van der Waals surface area contributed by atoms with E-state index in [1.165, 1.54) is 74.5 Å². The maximum absolute atomic E-state index is 5.97. The number of rotatable bonds is 15. The number of ether oxygens (including phenoxy) is 1. The predicted octanol–water partition coefficient (Wildman–Crippen LogP) is 8.36. The molecule has 0 saturated heterocycles. The van der Waals surface area contributed by atoms with Crippen LogP contribution in [0.15, 0.2) is 60.9 Å². The van der Waals surface area contributed by atoms with E-state index in [1.54, 1.807) is 0 Å². The van der Waals surface area contributed by atoms with Crippen molar-refractivity contribution in [2.45, 2.75) is 91.1 Å². The first-order chi connectivity index (χ1) is 16.3. The molecule has 0 unspecified atom stereocenters. The van der Waals surface area contributed by atoms with E-state index in [2.05, 4.69) is 48.1 Å². The van der Waals surface area contributed by atoms with Crippen molar-refractivity contribution in [3.05, 3.63) is 77.6 Å². The van der Waals surface area contributed by atoms with E-state index in [-0.39, 0.29) is 0 Å². The van der Waals surface area contributed by atoms with Crippen molar-refractivity contribution in [2.24, 2.45) is 0 Å². The highest BCUT2D eigenvalue weighted by atomic mass is 16.5. The number of hydrogen-bond acceptors (Lipinski definition) is 3. The second-order valence-corrected chi connectivity index (χ2v) is 9.02. The lowest BCUT2D eigenvalue weighted by Crippen LogP contribution is -1.96. The molecule has 0 aliphatic carbocycles. The lowest BCUT2D eigenvalue weighted by Gasteiger charge is -2.08. The third-order valence-corrected chi connectivity index (χ3v) is 6.13. The van der Waals surface area contributed by atoms with Gasteiger partial charge in [-0.25, -0.2) is 9.97 Å². The normalized spacial score (nSPS) is 11.0. The lowest BCUT2D eigenvalue weighted by atomic mass is 10.1. The number of nitrogens with zero attached hydrogens (tertiary/aromatic N) is 2. The first kappa shape index (κ1) is 25.0. The monoisotopic (exact) mass is 444 g/mol. The molecule has 0 bridgehead atoms. The highest BCUT2D eigenvalue weighted by Crippen LogP contribution is 2.21. The van der Waals surface area contributed by atoms with E-state index in [4.69, 9.17) is 4.74 Å². The van der Waals surface area contributed by atoms with Crippen LogP contribution in [-0.2, 0) is 19.4 Å². The van der Waals surface area contributed by atoms with Crippen LogP contribution in [0.4, 0.5) is 0 Å². The van der Waals surface area contributed by atoms with Gasteiger partial charge >= 0.3 is 0 Å². The minimum Gasteiger partial charge on any atom is -0.489 e.